The Morgan fingerprint density at radius 3 is 2.31 bits per heavy atom. The average molecular weight is 452 g/mol. The van der Waals surface area contributed by atoms with E-state index >= 15 is 0 Å². The molecule has 0 aliphatic carbocycles. The molecule has 1 aromatic carbocycles. The molecule has 0 radical (unpaired) electrons. The van der Waals surface area contributed by atoms with Crippen molar-refractivity contribution >= 4 is 77.7 Å². The molecule has 0 saturated heterocycles. The highest BCUT2D eigenvalue weighted by molar-refractivity contribution is 9.38. The lowest BCUT2D eigenvalue weighted by atomic mass is 10.3. The highest BCUT2D eigenvalue weighted by atomic mass is 80.0. The van der Waals surface area contributed by atoms with Gasteiger partial charge in [0.05, 0.1) is 11.2 Å². The van der Waals surface area contributed by atoms with E-state index in [4.69, 9.17) is 0 Å². The van der Waals surface area contributed by atoms with Crippen LogP contribution in [-0.2, 0) is 18.7 Å². The van der Waals surface area contributed by atoms with E-state index in [9.17, 15) is 8.42 Å². The van der Waals surface area contributed by atoms with E-state index in [0.29, 0.717) is 0 Å². The van der Waals surface area contributed by atoms with Crippen molar-refractivity contribution in [3.8, 4) is 0 Å². The molecular weight excluding hydrogens is 446 g/mol. The molecule has 0 bridgehead atoms. The van der Waals surface area contributed by atoms with Crippen molar-refractivity contribution in [1.29, 1.82) is 0 Å². The Labute approximate surface area is 122 Å². The molecule has 3 nitrogen and oxygen atoms in total. The maximum absolute atomic E-state index is 10.7. The van der Waals surface area contributed by atoms with Crippen molar-refractivity contribution in [3.63, 3.8) is 0 Å². The number of hydrogen-bond acceptors (Lipinski definition) is 3. The second-order valence-electron chi connectivity index (χ2n) is 2.45. The van der Waals surface area contributed by atoms with Gasteiger partial charge in [-0.05, 0) is 12.1 Å². The van der Waals surface area contributed by atoms with Crippen LogP contribution in [0.1, 0.15) is 0 Å². The predicted molar refractivity (Wildman–Crippen MR) is 79.7 cm³/mol. The Hall–Kier alpha value is 0.500. The van der Waals surface area contributed by atoms with Crippen molar-refractivity contribution in [2.45, 2.75) is 7.54 Å². The van der Waals surface area contributed by atoms with E-state index in [1.54, 1.807) is 6.07 Å². The zero-order valence-electron chi connectivity index (χ0n) is 7.68. The molecule has 1 aliphatic heterocycles. The van der Waals surface area contributed by atoms with Gasteiger partial charge in [0.25, 0.3) is 9.26 Å². The van der Waals surface area contributed by atoms with Gasteiger partial charge in [-0.15, -0.1) is 0 Å². The largest absolute Gasteiger partial charge is 0.250 e. The number of aliphatic imine (C=N–C) groups is 1. The number of alkyl halides is 3. The fourth-order valence-electron chi connectivity index (χ4n) is 1.00. The second-order valence-corrected chi connectivity index (χ2v) is 12.4. The van der Waals surface area contributed by atoms with Crippen LogP contribution in [0.2, 0.25) is 0 Å². The fourth-order valence-corrected chi connectivity index (χ4v) is 3.29. The monoisotopic (exact) mass is 449 g/mol. The minimum Gasteiger partial charge on any atom is -0.248 e. The summed E-state index contributed by atoms with van der Waals surface area (Å²) >= 11 is 9.31. The summed E-state index contributed by atoms with van der Waals surface area (Å²) in [6.07, 6.45) is 0. The van der Waals surface area contributed by atoms with Gasteiger partial charge in [-0.2, -0.15) is 8.42 Å². The van der Waals surface area contributed by atoms with Gasteiger partial charge < -0.3 is 0 Å². The zero-order chi connectivity index (χ0) is 12.1. The minimum atomic E-state index is -2.07. The fraction of sp³-hybridized carbons (Fsp3) is 0.125. The third-order valence-corrected chi connectivity index (χ3v) is 4.56. The average Bonchev–Trinajstić information content (AvgIpc) is 2.59. The highest BCUT2D eigenvalue weighted by Crippen LogP contribution is 2.26. The summed E-state index contributed by atoms with van der Waals surface area (Å²) in [5, 5.41) is 0. The topological polar surface area (TPSA) is 46.5 Å². The van der Waals surface area contributed by atoms with Crippen LogP contribution < -0.4 is 0 Å². The lowest BCUT2D eigenvalue weighted by Gasteiger charge is -1.92. The Bertz CT molecular complexity index is 529. The van der Waals surface area contributed by atoms with Crippen LogP contribution >= 0.6 is 47.8 Å². The van der Waals surface area contributed by atoms with Gasteiger partial charge in [-0.3, -0.25) is 0 Å². The van der Waals surface area contributed by atoms with Crippen LogP contribution in [0.4, 0.5) is 5.69 Å². The molecule has 1 atom stereocenters. The first-order valence-corrected chi connectivity index (χ1v) is 9.53. The molecule has 2 rings (SSSR count). The number of rotatable bonds is 0. The summed E-state index contributed by atoms with van der Waals surface area (Å²) in [6.45, 7) is 0. The lowest BCUT2D eigenvalue weighted by molar-refractivity contribution is 0.628. The first-order valence-electron chi connectivity index (χ1n) is 3.90. The Kier molecular flexibility index (Phi) is 6.42. The molecule has 0 saturated carbocycles. The van der Waals surface area contributed by atoms with E-state index in [1.807, 2.05) is 18.2 Å². The van der Waals surface area contributed by atoms with Gasteiger partial charge in [0.1, 0.15) is 2.65 Å². The van der Waals surface area contributed by atoms with E-state index < -0.39 is 18.7 Å². The molecule has 0 spiro atoms. The van der Waals surface area contributed by atoms with Crippen LogP contribution in [0, 0.1) is 0 Å². The van der Waals surface area contributed by atoms with Crippen LogP contribution in [0.5, 0.6) is 0 Å². The van der Waals surface area contributed by atoms with E-state index in [-0.39, 0.29) is 2.65 Å². The van der Waals surface area contributed by atoms with Crippen LogP contribution in [0.25, 0.3) is 0 Å². The predicted octanol–water partition coefficient (Wildman–Crippen LogP) is 3.59. The quantitative estimate of drug-likeness (QED) is 0.566. The Morgan fingerprint density at radius 2 is 1.75 bits per heavy atom. The first kappa shape index (κ1) is 14.6. The summed E-state index contributed by atoms with van der Waals surface area (Å²) < 4.78 is 21.6. The van der Waals surface area contributed by atoms with Gasteiger partial charge in [-0.1, -0.05) is 59.9 Å². The summed E-state index contributed by atoms with van der Waals surface area (Å²) in [7, 11) is -2.90. The molecule has 0 aromatic heterocycles. The molecule has 8 heteroatoms. The SMILES string of the molecule is BrC(Br)Br.O=S(=O)=S1C=Nc2ccccc21. The van der Waals surface area contributed by atoms with E-state index in [1.165, 1.54) is 5.55 Å². The van der Waals surface area contributed by atoms with Gasteiger partial charge in [0.15, 0.2) is 0 Å². The molecule has 0 amide bonds. The third-order valence-electron chi connectivity index (χ3n) is 1.52. The number of fused-ring (bicyclic) bond motifs is 1. The zero-order valence-corrected chi connectivity index (χ0v) is 14.1. The maximum Gasteiger partial charge on any atom is 0.250 e. The van der Waals surface area contributed by atoms with Crippen molar-refractivity contribution < 1.29 is 8.42 Å². The summed E-state index contributed by atoms with van der Waals surface area (Å²) in [5.41, 5.74) is 2.25. The van der Waals surface area contributed by atoms with Crippen LogP contribution in [0.3, 0.4) is 0 Å². The molecule has 88 valence electrons. The Balaban J connectivity index is 0.000000280. The summed E-state index contributed by atoms with van der Waals surface area (Å²) in [4.78, 5) is 4.79. The van der Waals surface area contributed by atoms with E-state index in [0.717, 1.165) is 10.6 Å². The van der Waals surface area contributed by atoms with Gasteiger partial charge in [0, 0.05) is 14.3 Å². The van der Waals surface area contributed by atoms with Crippen LogP contribution in [-0.4, -0.2) is 16.6 Å². The molecule has 16 heavy (non-hydrogen) atoms. The van der Waals surface area contributed by atoms with Crippen molar-refractivity contribution in [1.82, 2.24) is 0 Å². The third kappa shape index (κ3) is 4.40. The van der Waals surface area contributed by atoms with Crippen LogP contribution in [0.15, 0.2) is 34.2 Å². The number of halogens is 3. The maximum atomic E-state index is 10.7. The Morgan fingerprint density at radius 1 is 1.19 bits per heavy atom. The molecule has 1 unspecified atom stereocenters. The van der Waals surface area contributed by atoms with E-state index in [2.05, 4.69) is 52.8 Å². The van der Waals surface area contributed by atoms with Gasteiger partial charge in [-0.25, -0.2) is 4.99 Å². The molecular formula is C8H6Br3NO2S2. The lowest BCUT2D eigenvalue weighted by Crippen LogP contribution is -1.86. The number of para-hydroxylation sites is 1. The highest BCUT2D eigenvalue weighted by Gasteiger charge is 2.11. The smallest absolute Gasteiger partial charge is 0.248 e. The molecule has 1 aromatic rings. The summed E-state index contributed by atoms with van der Waals surface area (Å²) in [6, 6.07) is 7.27. The van der Waals surface area contributed by atoms with Crippen molar-refractivity contribution in [3.05, 3.63) is 24.3 Å². The number of hydrogen-bond donors (Lipinski definition) is 0. The van der Waals surface area contributed by atoms with Crippen molar-refractivity contribution in [2.24, 2.45) is 4.99 Å². The molecule has 0 N–H and O–H groups in total. The molecule has 1 aliphatic rings. The second kappa shape index (κ2) is 7.05. The van der Waals surface area contributed by atoms with Crippen molar-refractivity contribution in [2.75, 3.05) is 0 Å². The van der Waals surface area contributed by atoms with Gasteiger partial charge in [0.2, 0.25) is 0 Å². The number of nitrogens with zero attached hydrogens (tertiary/aromatic N) is 1. The standard InChI is InChI=1S/C7H5NO2S2.CHBr3/c9-12(10)11-5-8-6-3-1-2-4-7(6)11;2-1(3)4/h1-5H;1H. The minimum absolute atomic E-state index is 0.271. The first-order chi connectivity index (χ1) is 7.52. The van der Waals surface area contributed by atoms with Gasteiger partial charge >= 0.3 is 0 Å². The summed E-state index contributed by atoms with van der Waals surface area (Å²) in [5.74, 6) is 0. The molecule has 0 fully saturated rings. The normalized spacial score (nSPS) is 16.6. The molecule has 1 heterocycles. The number of benzene rings is 1.